The topological polar surface area (TPSA) is 80.4 Å². The Kier molecular flexibility index (Phi) is 4.77. The average Bonchev–Trinajstić information content (AvgIpc) is 3.07. The zero-order chi connectivity index (χ0) is 19.0. The maximum Gasteiger partial charge on any atom is 0.323 e. The molecule has 6 nitrogen and oxygen atoms in total. The molecule has 0 radical (unpaired) electrons. The molecule has 140 valence electrons. The maximum atomic E-state index is 13.6. The van der Waals surface area contributed by atoms with E-state index in [1.165, 1.54) is 16.7 Å². The van der Waals surface area contributed by atoms with E-state index < -0.39 is 22.8 Å². The van der Waals surface area contributed by atoms with Gasteiger partial charge in [0.2, 0.25) is 0 Å². The zero-order valence-electron chi connectivity index (χ0n) is 14.5. The predicted molar refractivity (Wildman–Crippen MR) is 103 cm³/mol. The lowest BCUT2D eigenvalue weighted by atomic mass is 10.1. The van der Waals surface area contributed by atoms with Gasteiger partial charge in [-0.3, -0.25) is 4.57 Å². The van der Waals surface area contributed by atoms with Crippen LogP contribution < -0.4 is 11.1 Å². The molecule has 2 heterocycles. The van der Waals surface area contributed by atoms with Crippen molar-refractivity contribution in [3.05, 3.63) is 54.5 Å². The van der Waals surface area contributed by atoms with E-state index in [4.69, 9.17) is 5.73 Å². The molecule has 3 aromatic rings. The van der Waals surface area contributed by atoms with Gasteiger partial charge in [-0.1, -0.05) is 12.1 Å². The second-order valence-corrected chi connectivity index (χ2v) is 7.85. The number of fused-ring (bicyclic) bond motifs is 1. The van der Waals surface area contributed by atoms with E-state index in [9.17, 15) is 13.4 Å². The van der Waals surface area contributed by atoms with Crippen LogP contribution in [0.1, 0.15) is 0 Å². The summed E-state index contributed by atoms with van der Waals surface area (Å²) in [6.07, 6.45) is 1.61. The summed E-state index contributed by atoms with van der Waals surface area (Å²) in [6, 6.07) is 11.0. The third-order valence-corrected chi connectivity index (χ3v) is 6.19. The molecule has 1 amide bonds. The number of nitrogens with two attached hydrogens (primary N) is 1. The average molecular weight is 386 g/mol. The molecule has 8 heteroatoms. The summed E-state index contributed by atoms with van der Waals surface area (Å²) < 4.78 is 29.5. The van der Waals surface area contributed by atoms with Crippen LogP contribution in [-0.2, 0) is 11.0 Å². The lowest BCUT2D eigenvalue weighted by Crippen LogP contribution is -2.44. The van der Waals surface area contributed by atoms with E-state index in [1.807, 2.05) is 28.6 Å². The molecule has 1 aromatic heterocycles. The van der Waals surface area contributed by atoms with Crippen molar-refractivity contribution in [2.75, 3.05) is 26.2 Å². The first-order chi connectivity index (χ1) is 13.0. The number of carbonyl (C=O) groups is 1. The van der Waals surface area contributed by atoms with Gasteiger partial charge >= 0.3 is 6.03 Å². The molecule has 1 fully saturated rings. The van der Waals surface area contributed by atoms with Crippen LogP contribution in [0.5, 0.6) is 0 Å². The van der Waals surface area contributed by atoms with Crippen LogP contribution >= 0.6 is 0 Å². The number of hydrogen-bond acceptors (Lipinski definition) is 3. The number of halogens is 1. The smallest absolute Gasteiger partial charge is 0.323 e. The van der Waals surface area contributed by atoms with Gasteiger partial charge in [0, 0.05) is 43.3 Å². The second kappa shape index (κ2) is 7.22. The van der Waals surface area contributed by atoms with Crippen molar-refractivity contribution in [3.8, 4) is 11.1 Å². The fourth-order valence-electron chi connectivity index (χ4n) is 3.32. The Labute approximate surface area is 158 Å². The van der Waals surface area contributed by atoms with Gasteiger partial charge in [0.15, 0.2) is 0 Å². The third kappa shape index (κ3) is 3.39. The molecule has 1 aliphatic heterocycles. The van der Waals surface area contributed by atoms with Crippen molar-refractivity contribution in [2.24, 2.45) is 5.73 Å². The van der Waals surface area contributed by atoms with Crippen molar-refractivity contribution in [1.82, 2.24) is 14.2 Å². The Balaban J connectivity index is 1.70. The van der Waals surface area contributed by atoms with E-state index in [1.54, 1.807) is 12.3 Å². The van der Waals surface area contributed by atoms with Gasteiger partial charge in [0.1, 0.15) is 16.8 Å². The fourth-order valence-corrected chi connectivity index (χ4v) is 4.50. The molecule has 4 rings (SSSR count). The quantitative estimate of drug-likeness (QED) is 0.725. The number of aromatic nitrogens is 1. The van der Waals surface area contributed by atoms with Crippen LogP contribution in [0.4, 0.5) is 9.18 Å². The van der Waals surface area contributed by atoms with Crippen LogP contribution in [0.25, 0.3) is 22.0 Å². The number of primary amides is 1. The van der Waals surface area contributed by atoms with Gasteiger partial charge in [-0.2, -0.15) is 0 Å². The number of nitrogens with zero attached hydrogens (tertiary/aromatic N) is 2. The van der Waals surface area contributed by atoms with E-state index >= 15 is 0 Å². The number of hydrogen-bond donors (Lipinski definition) is 2. The number of benzene rings is 2. The Bertz CT molecular complexity index is 1030. The normalized spacial score (nSPS) is 16.5. The molecule has 0 aliphatic carbocycles. The molecule has 1 saturated heterocycles. The minimum atomic E-state index is -1.20. The summed E-state index contributed by atoms with van der Waals surface area (Å²) in [4.78, 5) is 12.4. The molecule has 1 atom stereocenters. The van der Waals surface area contributed by atoms with E-state index in [0.29, 0.717) is 5.52 Å². The Morgan fingerprint density at radius 3 is 2.48 bits per heavy atom. The Morgan fingerprint density at radius 1 is 1.11 bits per heavy atom. The highest BCUT2D eigenvalue weighted by molar-refractivity contribution is 7.82. The Hall–Kier alpha value is -2.55. The minimum absolute atomic E-state index is 0.422. The van der Waals surface area contributed by atoms with Crippen LogP contribution in [-0.4, -0.2) is 45.3 Å². The molecule has 0 spiro atoms. The highest BCUT2D eigenvalue weighted by Crippen LogP contribution is 2.31. The number of carbonyl (C=O) groups excluding carboxylic acids is 1. The predicted octanol–water partition coefficient (Wildman–Crippen LogP) is 2.30. The summed E-state index contributed by atoms with van der Waals surface area (Å²) in [6.45, 7) is 3.14. The van der Waals surface area contributed by atoms with Crippen molar-refractivity contribution < 1.29 is 13.4 Å². The van der Waals surface area contributed by atoms with Crippen LogP contribution in [0.3, 0.4) is 0 Å². The van der Waals surface area contributed by atoms with Crippen molar-refractivity contribution in [1.29, 1.82) is 0 Å². The van der Waals surface area contributed by atoms with Gasteiger partial charge in [0.05, 0.1) is 10.4 Å². The van der Waals surface area contributed by atoms with Gasteiger partial charge < -0.3 is 11.1 Å². The van der Waals surface area contributed by atoms with E-state index in [-0.39, 0.29) is 0 Å². The number of nitrogens with one attached hydrogen (secondary N) is 1. The molecular weight excluding hydrogens is 367 g/mol. The highest BCUT2D eigenvalue weighted by Gasteiger charge is 2.18. The molecule has 2 aromatic carbocycles. The monoisotopic (exact) mass is 386 g/mol. The number of piperazine rings is 1. The first-order valence-electron chi connectivity index (χ1n) is 8.63. The molecule has 1 unspecified atom stereocenters. The molecule has 3 N–H and O–H groups in total. The lowest BCUT2D eigenvalue weighted by molar-refractivity contribution is 0.251. The van der Waals surface area contributed by atoms with Gasteiger partial charge in [-0.15, -0.1) is 0 Å². The van der Waals surface area contributed by atoms with Crippen LogP contribution in [0, 0.1) is 5.82 Å². The molecule has 0 bridgehead atoms. The fraction of sp³-hybridized carbons (Fsp3) is 0.211. The standard InChI is InChI=1S/C19H19FN4O2S/c20-14-3-6-16-17(12-24(19(21)25)18(16)11-14)13-1-4-15(5-2-13)27(26)23-9-7-22-8-10-23/h1-6,11-12,22H,7-10H2,(H2,21,25). The summed E-state index contributed by atoms with van der Waals surface area (Å²) in [5.41, 5.74) is 7.45. The zero-order valence-corrected chi connectivity index (χ0v) is 15.3. The van der Waals surface area contributed by atoms with Crippen molar-refractivity contribution >= 4 is 27.9 Å². The summed E-state index contributed by atoms with van der Waals surface area (Å²) in [5.74, 6) is -0.434. The van der Waals surface area contributed by atoms with Crippen molar-refractivity contribution in [2.45, 2.75) is 4.90 Å². The van der Waals surface area contributed by atoms with Crippen LogP contribution in [0.15, 0.2) is 53.6 Å². The summed E-state index contributed by atoms with van der Waals surface area (Å²) in [7, 11) is -1.20. The summed E-state index contributed by atoms with van der Waals surface area (Å²) >= 11 is 0. The minimum Gasteiger partial charge on any atom is -0.351 e. The molecule has 0 saturated carbocycles. The third-order valence-electron chi connectivity index (χ3n) is 4.68. The van der Waals surface area contributed by atoms with E-state index in [2.05, 4.69) is 5.32 Å². The van der Waals surface area contributed by atoms with Gasteiger partial charge in [0.25, 0.3) is 0 Å². The molecule has 27 heavy (non-hydrogen) atoms. The van der Waals surface area contributed by atoms with Gasteiger partial charge in [-0.25, -0.2) is 17.7 Å². The van der Waals surface area contributed by atoms with Crippen molar-refractivity contribution in [3.63, 3.8) is 0 Å². The second-order valence-electron chi connectivity index (χ2n) is 6.37. The lowest BCUT2D eigenvalue weighted by Gasteiger charge is -2.25. The van der Waals surface area contributed by atoms with Crippen LogP contribution in [0.2, 0.25) is 0 Å². The molecular formula is C19H19FN4O2S. The first-order valence-corrected chi connectivity index (χ1v) is 9.73. The summed E-state index contributed by atoms with van der Waals surface area (Å²) in [5, 5.41) is 3.97. The first kappa shape index (κ1) is 17.8. The maximum absolute atomic E-state index is 13.6. The Morgan fingerprint density at radius 2 is 1.81 bits per heavy atom. The largest absolute Gasteiger partial charge is 0.351 e. The molecule has 1 aliphatic rings. The number of amides is 1. The highest BCUT2D eigenvalue weighted by atomic mass is 32.2. The van der Waals surface area contributed by atoms with E-state index in [0.717, 1.165) is 47.6 Å². The SMILES string of the molecule is NC(=O)n1cc(-c2ccc(S(=O)N3CCNCC3)cc2)c2ccc(F)cc21. The number of rotatable bonds is 3. The van der Waals surface area contributed by atoms with Gasteiger partial charge in [-0.05, 0) is 35.9 Å².